The second-order valence-electron chi connectivity index (χ2n) is 7.18. The van der Waals surface area contributed by atoms with Crippen LogP contribution in [0.5, 0.6) is 0 Å². The van der Waals surface area contributed by atoms with Crippen molar-refractivity contribution in [3.8, 4) is 0 Å². The van der Waals surface area contributed by atoms with Gasteiger partial charge in [-0.05, 0) is 59.6 Å². The highest BCUT2D eigenvalue weighted by Crippen LogP contribution is 2.38. The van der Waals surface area contributed by atoms with Gasteiger partial charge >= 0.3 is 0 Å². The number of piperidine rings is 1. The van der Waals surface area contributed by atoms with Crippen LogP contribution in [0.15, 0.2) is 47.2 Å². The molecular formula is C21H25NO2S. The number of rotatable bonds is 3. The van der Waals surface area contributed by atoms with Crippen molar-refractivity contribution >= 4 is 17.2 Å². The van der Waals surface area contributed by atoms with Gasteiger partial charge in [0.05, 0.1) is 5.41 Å². The summed E-state index contributed by atoms with van der Waals surface area (Å²) in [7, 11) is 0. The molecule has 3 nitrogen and oxygen atoms in total. The third-order valence-corrected chi connectivity index (χ3v) is 6.58. The lowest BCUT2D eigenvalue weighted by molar-refractivity contribution is -0.142. The van der Waals surface area contributed by atoms with E-state index in [9.17, 15) is 4.79 Å². The van der Waals surface area contributed by atoms with E-state index in [4.69, 9.17) is 4.74 Å². The van der Waals surface area contributed by atoms with Crippen LogP contribution in [-0.2, 0) is 14.9 Å². The average Bonchev–Trinajstić information content (AvgIpc) is 3.24. The summed E-state index contributed by atoms with van der Waals surface area (Å²) in [5.74, 6) is 0.920. The van der Waals surface area contributed by atoms with Crippen molar-refractivity contribution in [3.05, 3.63) is 58.3 Å². The minimum Gasteiger partial charge on any atom is -0.381 e. The van der Waals surface area contributed by atoms with Crippen LogP contribution in [0.4, 0.5) is 0 Å². The molecule has 2 aliphatic heterocycles. The quantitative estimate of drug-likeness (QED) is 0.826. The van der Waals surface area contributed by atoms with Gasteiger partial charge < -0.3 is 9.64 Å². The lowest BCUT2D eigenvalue weighted by Crippen LogP contribution is -2.51. The van der Waals surface area contributed by atoms with Crippen LogP contribution in [0, 0.1) is 0 Å². The molecule has 1 aromatic heterocycles. The zero-order valence-electron chi connectivity index (χ0n) is 14.5. The molecule has 2 aromatic rings. The van der Waals surface area contributed by atoms with Crippen molar-refractivity contribution in [1.82, 2.24) is 4.90 Å². The molecule has 0 atom stereocenters. The van der Waals surface area contributed by atoms with E-state index in [-0.39, 0.29) is 0 Å². The summed E-state index contributed by atoms with van der Waals surface area (Å²) in [6, 6.07) is 12.6. The highest BCUT2D eigenvalue weighted by molar-refractivity contribution is 7.07. The largest absolute Gasteiger partial charge is 0.381 e. The number of ether oxygens (including phenoxy) is 1. The van der Waals surface area contributed by atoms with Gasteiger partial charge in [-0.25, -0.2) is 0 Å². The van der Waals surface area contributed by atoms with Crippen LogP contribution in [0.25, 0.3) is 0 Å². The summed E-state index contributed by atoms with van der Waals surface area (Å²) in [6.45, 7) is 3.08. The fraction of sp³-hybridized carbons (Fsp3) is 0.476. The first-order valence-corrected chi connectivity index (χ1v) is 10.2. The molecule has 0 unspecified atom stereocenters. The Kier molecular flexibility index (Phi) is 4.91. The summed E-state index contributed by atoms with van der Waals surface area (Å²) in [5, 5.41) is 4.41. The standard InChI is InChI=1S/C21H25NO2S/c23-20(22-11-6-17(7-12-22)18-8-15-25-16-18)21(9-13-24-14-10-21)19-4-2-1-3-5-19/h1-5,8,15-17H,6-7,9-14H2. The molecule has 0 N–H and O–H groups in total. The summed E-state index contributed by atoms with van der Waals surface area (Å²) in [4.78, 5) is 15.7. The van der Waals surface area contributed by atoms with Gasteiger partial charge in [0.1, 0.15) is 0 Å². The molecule has 3 heterocycles. The maximum absolute atomic E-state index is 13.5. The van der Waals surface area contributed by atoms with Crippen LogP contribution in [0.3, 0.4) is 0 Å². The fourth-order valence-electron chi connectivity index (χ4n) is 4.33. The van der Waals surface area contributed by atoms with Gasteiger partial charge in [-0.2, -0.15) is 11.3 Å². The number of nitrogens with zero attached hydrogens (tertiary/aromatic N) is 1. The first-order valence-electron chi connectivity index (χ1n) is 9.24. The summed E-state index contributed by atoms with van der Waals surface area (Å²) in [5.41, 5.74) is 2.21. The molecular weight excluding hydrogens is 330 g/mol. The maximum atomic E-state index is 13.5. The molecule has 2 saturated heterocycles. The zero-order valence-corrected chi connectivity index (χ0v) is 15.3. The van der Waals surface area contributed by atoms with Gasteiger partial charge in [0.15, 0.2) is 0 Å². The van der Waals surface area contributed by atoms with Crippen molar-refractivity contribution < 1.29 is 9.53 Å². The van der Waals surface area contributed by atoms with E-state index >= 15 is 0 Å². The minimum atomic E-state index is -0.394. The van der Waals surface area contributed by atoms with Crippen LogP contribution >= 0.6 is 11.3 Å². The first-order chi connectivity index (χ1) is 12.3. The van der Waals surface area contributed by atoms with E-state index in [1.54, 1.807) is 11.3 Å². The second kappa shape index (κ2) is 7.30. The Morgan fingerprint density at radius 2 is 1.80 bits per heavy atom. The van der Waals surface area contributed by atoms with E-state index in [0.717, 1.165) is 44.3 Å². The van der Waals surface area contributed by atoms with Crippen molar-refractivity contribution in [2.24, 2.45) is 0 Å². The molecule has 4 rings (SSSR count). The number of amides is 1. The Bertz CT molecular complexity index is 684. The Hall–Kier alpha value is -1.65. The monoisotopic (exact) mass is 355 g/mol. The van der Waals surface area contributed by atoms with Crippen molar-refractivity contribution in [3.63, 3.8) is 0 Å². The van der Waals surface area contributed by atoms with Crippen molar-refractivity contribution in [1.29, 1.82) is 0 Å². The van der Waals surface area contributed by atoms with Crippen LogP contribution in [0.1, 0.15) is 42.7 Å². The molecule has 0 aliphatic carbocycles. The number of carbonyl (C=O) groups is 1. The highest BCUT2D eigenvalue weighted by Gasteiger charge is 2.44. The van der Waals surface area contributed by atoms with Gasteiger partial charge in [-0.1, -0.05) is 30.3 Å². The molecule has 1 amide bonds. The SMILES string of the molecule is O=C(N1CCC(c2ccsc2)CC1)C1(c2ccccc2)CCOCC1. The summed E-state index contributed by atoms with van der Waals surface area (Å²) < 4.78 is 5.58. The van der Waals surface area contributed by atoms with Crippen LogP contribution in [0.2, 0.25) is 0 Å². The topological polar surface area (TPSA) is 29.5 Å². The number of carbonyl (C=O) groups excluding carboxylic acids is 1. The van der Waals surface area contributed by atoms with Crippen LogP contribution in [-0.4, -0.2) is 37.1 Å². The van der Waals surface area contributed by atoms with E-state index in [0.29, 0.717) is 25.0 Å². The molecule has 4 heteroatoms. The molecule has 1 aromatic carbocycles. The number of likely N-dealkylation sites (tertiary alicyclic amines) is 1. The lowest BCUT2D eigenvalue weighted by Gasteiger charge is -2.42. The molecule has 0 radical (unpaired) electrons. The molecule has 0 spiro atoms. The van der Waals surface area contributed by atoms with E-state index in [2.05, 4.69) is 33.9 Å². The lowest BCUT2D eigenvalue weighted by atomic mass is 9.72. The van der Waals surface area contributed by atoms with Gasteiger partial charge in [-0.3, -0.25) is 4.79 Å². The van der Waals surface area contributed by atoms with Crippen LogP contribution < -0.4 is 0 Å². The minimum absolute atomic E-state index is 0.311. The normalized spacial score (nSPS) is 21.2. The first kappa shape index (κ1) is 16.8. The smallest absolute Gasteiger partial charge is 0.233 e. The summed E-state index contributed by atoms with van der Waals surface area (Å²) in [6.07, 6.45) is 3.73. The van der Waals surface area contributed by atoms with Gasteiger partial charge in [0.25, 0.3) is 0 Å². The Morgan fingerprint density at radius 3 is 2.44 bits per heavy atom. The Labute approximate surface area is 153 Å². The Morgan fingerprint density at radius 1 is 1.08 bits per heavy atom. The Balaban J connectivity index is 1.52. The zero-order chi connectivity index (χ0) is 17.1. The number of benzene rings is 1. The second-order valence-corrected chi connectivity index (χ2v) is 7.96. The van der Waals surface area contributed by atoms with E-state index < -0.39 is 5.41 Å². The predicted molar refractivity (Wildman–Crippen MR) is 101 cm³/mol. The molecule has 25 heavy (non-hydrogen) atoms. The highest BCUT2D eigenvalue weighted by atomic mass is 32.1. The molecule has 0 bridgehead atoms. The van der Waals surface area contributed by atoms with Gasteiger partial charge in [0.2, 0.25) is 5.91 Å². The number of hydrogen-bond donors (Lipinski definition) is 0. The molecule has 0 saturated carbocycles. The number of hydrogen-bond acceptors (Lipinski definition) is 3. The van der Waals surface area contributed by atoms with E-state index in [1.807, 2.05) is 18.2 Å². The van der Waals surface area contributed by atoms with Crippen molar-refractivity contribution in [2.45, 2.75) is 37.0 Å². The van der Waals surface area contributed by atoms with Gasteiger partial charge in [-0.15, -0.1) is 0 Å². The molecule has 2 aliphatic rings. The maximum Gasteiger partial charge on any atom is 0.233 e. The fourth-order valence-corrected chi connectivity index (χ4v) is 5.07. The third-order valence-electron chi connectivity index (χ3n) is 5.88. The van der Waals surface area contributed by atoms with E-state index in [1.165, 1.54) is 5.56 Å². The molecule has 2 fully saturated rings. The predicted octanol–water partition coefficient (Wildman–Crippen LogP) is 4.20. The van der Waals surface area contributed by atoms with Gasteiger partial charge in [0, 0.05) is 26.3 Å². The van der Waals surface area contributed by atoms with Crippen molar-refractivity contribution in [2.75, 3.05) is 26.3 Å². The number of thiophene rings is 1. The average molecular weight is 356 g/mol. The third kappa shape index (κ3) is 3.25. The molecule has 132 valence electrons. The summed E-state index contributed by atoms with van der Waals surface area (Å²) >= 11 is 1.77.